The third-order valence-corrected chi connectivity index (χ3v) is 4.50. The van der Waals surface area contributed by atoms with Crippen LogP contribution < -0.4 is 10.2 Å². The monoisotopic (exact) mass is 369 g/mol. The summed E-state index contributed by atoms with van der Waals surface area (Å²) in [4.78, 5) is 14.5. The van der Waals surface area contributed by atoms with Crippen LogP contribution in [0.15, 0.2) is 46.4 Å². The van der Waals surface area contributed by atoms with Crippen LogP contribution in [0, 0.1) is 11.3 Å². The molecule has 0 aliphatic carbocycles. The van der Waals surface area contributed by atoms with Crippen LogP contribution >= 0.6 is 11.6 Å². The van der Waals surface area contributed by atoms with Crippen molar-refractivity contribution in [2.45, 2.75) is 25.7 Å². The van der Waals surface area contributed by atoms with Crippen molar-refractivity contribution in [1.82, 2.24) is 0 Å². The first-order chi connectivity index (χ1) is 12.7. The Morgan fingerprint density at radius 3 is 2.65 bits per heavy atom. The number of carbonyl (C=O) groups excluding carboxylic acids is 1. The Kier molecular flexibility index (Phi) is 5.98. The molecular weight excluding hydrogens is 350 g/mol. The number of carbonyl (C=O) groups is 1. The molecule has 0 spiro atoms. The molecule has 2 aromatic rings. The van der Waals surface area contributed by atoms with Crippen LogP contribution in [0.3, 0.4) is 0 Å². The molecule has 1 fully saturated rings. The average molecular weight is 370 g/mol. The summed E-state index contributed by atoms with van der Waals surface area (Å²) in [6, 6.07) is 12.4. The molecule has 1 aliphatic heterocycles. The summed E-state index contributed by atoms with van der Waals surface area (Å²) in [5, 5.41) is 12.5. The Morgan fingerprint density at radius 2 is 1.96 bits per heavy atom. The van der Waals surface area contributed by atoms with E-state index in [9.17, 15) is 10.1 Å². The van der Waals surface area contributed by atoms with Crippen molar-refractivity contribution in [2.24, 2.45) is 0 Å². The Bertz CT molecular complexity index is 843. The number of nitriles is 1. The SMILES string of the molecule is N#CC(=Cc1ccc(N2CCCCCC2)o1)C(=O)Nc1cccc(Cl)c1. The van der Waals surface area contributed by atoms with Gasteiger partial charge < -0.3 is 14.6 Å². The van der Waals surface area contributed by atoms with Crippen LogP contribution in [0.4, 0.5) is 11.6 Å². The molecule has 26 heavy (non-hydrogen) atoms. The second kappa shape index (κ2) is 8.59. The number of benzene rings is 1. The number of hydrogen-bond donors (Lipinski definition) is 1. The van der Waals surface area contributed by atoms with E-state index in [-0.39, 0.29) is 5.57 Å². The zero-order valence-corrected chi connectivity index (χ0v) is 15.1. The lowest BCUT2D eigenvalue weighted by molar-refractivity contribution is -0.112. The zero-order valence-electron chi connectivity index (χ0n) is 14.4. The van der Waals surface area contributed by atoms with E-state index in [0.717, 1.165) is 31.8 Å². The summed E-state index contributed by atoms with van der Waals surface area (Å²) < 4.78 is 5.83. The highest BCUT2D eigenvalue weighted by Gasteiger charge is 2.15. The largest absolute Gasteiger partial charge is 0.441 e. The zero-order chi connectivity index (χ0) is 18.4. The van der Waals surface area contributed by atoms with Gasteiger partial charge in [-0.15, -0.1) is 0 Å². The number of halogens is 1. The second-order valence-corrected chi connectivity index (χ2v) is 6.65. The second-order valence-electron chi connectivity index (χ2n) is 6.21. The molecule has 6 heteroatoms. The van der Waals surface area contributed by atoms with Gasteiger partial charge in [0, 0.05) is 35.9 Å². The minimum atomic E-state index is -0.498. The molecule has 1 aromatic heterocycles. The van der Waals surface area contributed by atoms with Gasteiger partial charge in [-0.25, -0.2) is 0 Å². The standard InChI is InChI=1S/C20H20ClN3O2/c21-16-6-5-7-17(13-16)23-20(25)15(14-22)12-18-8-9-19(26-18)24-10-3-1-2-4-11-24/h5-9,12-13H,1-4,10-11H2,(H,23,25). The minimum Gasteiger partial charge on any atom is -0.441 e. The lowest BCUT2D eigenvalue weighted by Gasteiger charge is -2.18. The number of nitrogens with one attached hydrogen (secondary N) is 1. The number of hydrogen-bond acceptors (Lipinski definition) is 4. The van der Waals surface area contributed by atoms with Crippen molar-refractivity contribution in [2.75, 3.05) is 23.3 Å². The lowest BCUT2D eigenvalue weighted by Crippen LogP contribution is -2.23. The van der Waals surface area contributed by atoms with Crippen molar-refractivity contribution in [3.8, 4) is 6.07 Å². The number of amides is 1. The van der Waals surface area contributed by atoms with Gasteiger partial charge in [-0.05, 0) is 37.1 Å². The first-order valence-corrected chi connectivity index (χ1v) is 9.07. The van der Waals surface area contributed by atoms with Crippen LogP contribution in [-0.4, -0.2) is 19.0 Å². The van der Waals surface area contributed by atoms with Gasteiger partial charge >= 0.3 is 0 Å². The highest BCUT2D eigenvalue weighted by atomic mass is 35.5. The van der Waals surface area contributed by atoms with Crippen molar-refractivity contribution in [3.63, 3.8) is 0 Å². The summed E-state index contributed by atoms with van der Waals surface area (Å²) >= 11 is 5.91. The van der Waals surface area contributed by atoms with E-state index >= 15 is 0 Å². The molecule has 3 rings (SSSR count). The maximum atomic E-state index is 12.3. The van der Waals surface area contributed by atoms with Crippen molar-refractivity contribution in [3.05, 3.63) is 52.8 Å². The smallest absolute Gasteiger partial charge is 0.266 e. The van der Waals surface area contributed by atoms with E-state index in [1.165, 1.54) is 18.9 Å². The molecule has 1 aromatic carbocycles. The van der Waals surface area contributed by atoms with Gasteiger partial charge in [0.05, 0.1) is 0 Å². The summed E-state index contributed by atoms with van der Waals surface area (Å²) in [6.45, 7) is 1.94. The molecule has 0 radical (unpaired) electrons. The molecule has 0 atom stereocenters. The molecule has 0 bridgehead atoms. The topological polar surface area (TPSA) is 69.3 Å². The summed E-state index contributed by atoms with van der Waals surface area (Å²) in [5.74, 6) is 0.773. The van der Waals surface area contributed by atoms with E-state index in [2.05, 4.69) is 10.2 Å². The molecule has 1 amide bonds. The average Bonchev–Trinajstić information content (AvgIpc) is 2.92. The van der Waals surface area contributed by atoms with Gasteiger partial charge in [0.25, 0.3) is 5.91 Å². The van der Waals surface area contributed by atoms with Crippen LogP contribution in [0.1, 0.15) is 31.4 Å². The van der Waals surface area contributed by atoms with E-state index in [0.29, 0.717) is 16.5 Å². The van der Waals surface area contributed by atoms with E-state index in [1.807, 2.05) is 12.1 Å². The molecule has 0 saturated carbocycles. The van der Waals surface area contributed by atoms with Crippen molar-refractivity contribution < 1.29 is 9.21 Å². The summed E-state index contributed by atoms with van der Waals surface area (Å²) in [6.07, 6.45) is 6.24. The van der Waals surface area contributed by atoms with Gasteiger partial charge in [-0.3, -0.25) is 4.79 Å². The highest BCUT2D eigenvalue weighted by Crippen LogP contribution is 2.24. The number of nitrogens with zero attached hydrogens (tertiary/aromatic N) is 2. The fraction of sp³-hybridized carbons (Fsp3) is 0.300. The molecule has 1 saturated heterocycles. The minimum absolute atomic E-state index is 0.0262. The van der Waals surface area contributed by atoms with Crippen molar-refractivity contribution in [1.29, 1.82) is 5.26 Å². The Balaban J connectivity index is 1.72. The molecule has 134 valence electrons. The van der Waals surface area contributed by atoms with Crippen molar-refractivity contribution >= 4 is 35.2 Å². The lowest BCUT2D eigenvalue weighted by atomic mass is 10.2. The van der Waals surface area contributed by atoms with Gasteiger partial charge in [-0.2, -0.15) is 5.26 Å². The fourth-order valence-corrected chi connectivity index (χ4v) is 3.13. The third-order valence-electron chi connectivity index (χ3n) is 4.26. The predicted molar refractivity (Wildman–Crippen MR) is 103 cm³/mol. The Hall–Kier alpha value is -2.71. The van der Waals surface area contributed by atoms with Gasteiger partial charge in [-0.1, -0.05) is 30.5 Å². The van der Waals surface area contributed by atoms with Crippen LogP contribution in [-0.2, 0) is 4.79 Å². The maximum Gasteiger partial charge on any atom is 0.266 e. The molecule has 1 N–H and O–H groups in total. The summed E-state index contributed by atoms with van der Waals surface area (Å²) in [5.41, 5.74) is 0.509. The maximum absolute atomic E-state index is 12.3. The van der Waals surface area contributed by atoms with E-state index in [1.54, 1.807) is 30.3 Å². The predicted octanol–water partition coefficient (Wildman–Crippen LogP) is 4.86. The van der Waals surface area contributed by atoms with Gasteiger partial charge in [0.15, 0.2) is 5.88 Å². The number of anilines is 2. The molecule has 1 aliphatic rings. The third kappa shape index (κ3) is 4.68. The number of rotatable bonds is 4. The quantitative estimate of drug-likeness (QED) is 0.617. The van der Waals surface area contributed by atoms with Gasteiger partial charge in [0.2, 0.25) is 0 Å². The van der Waals surface area contributed by atoms with Crippen LogP contribution in [0.25, 0.3) is 6.08 Å². The summed E-state index contributed by atoms with van der Waals surface area (Å²) in [7, 11) is 0. The highest BCUT2D eigenvalue weighted by molar-refractivity contribution is 6.31. The molecule has 2 heterocycles. The Labute approximate surface area is 157 Å². The molecule has 5 nitrogen and oxygen atoms in total. The first-order valence-electron chi connectivity index (χ1n) is 8.69. The van der Waals surface area contributed by atoms with Gasteiger partial charge in [0.1, 0.15) is 17.4 Å². The van der Waals surface area contributed by atoms with E-state index in [4.69, 9.17) is 16.0 Å². The van der Waals surface area contributed by atoms with E-state index < -0.39 is 5.91 Å². The van der Waals surface area contributed by atoms with Crippen LogP contribution in [0.5, 0.6) is 0 Å². The first kappa shape index (κ1) is 18.1. The van der Waals surface area contributed by atoms with Crippen LogP contribution in [0.2, 0.25) is 5.02 Å². The molecular formula is C20H20ClN3O2. The number of furan rings is 1. The normalized spacial score (nSPS) is 15.2. The Morgan fingerprint density at radius 1 is 1.19 bits per heavy atom. The molecule has 0 unspecified atom stereocenters. The fourth-order valence-electron chi connectivity index (χ4n) is 2.94.